The van der Waals surface area contributed by atoms with Crippen LogP contribution in [0.4, 0.5) is 0 Å². The van der Waals surface area contributed by atoms with Crippen LogP contribution in [0.15, 0.2) is 30.3 Å². The molecule has 1 unspecified atom stereocenters. The van der Waals surface area contributed by atoms with Crippen molar-refractivity contribution < 1.29 is 8.42 Å². The summed E-state index contributed by atoms with van der Waals surface area (Å²) < 4.78 is 24.9. The first-order valence-corrected chi connectivity index (χ1v) is 7.92. The summed E-state index contributed by atoms with van der Waals surface area (Å²) >= 11 is 0. The molecule has 1 aromatic carbocycles. The molecule has 4 heteroatoms. The smallest absolute Gasteiger partial charge is 0.211 e. The van der Waals surface area contributed by atoms with Crippen LogP contribution >= 0.6 is 0 Å². The Bertz CT molecular complexity index is 456. The Balaban J connectivity index is 2.19. The van der Waals surface area contributed by atoms with Crippen LogP contribution in [0.2, 0.25) is 0 Å². The molecule has 1 heterocycles. The maximum atomic E-state index is 11.6. The first-order chi connectivity index (χ1) is 8.07. The summed E-state index contributed by atoms with van der Waals surface area (Å²) in [5.74, 6) is 0.341. The highest BCUT2D eigenvalue weighted by Crippen LogP contribution is 2.27. The highest BCUT2D eigenvalue weighted by molar-refractivity contribution is 7.88. The Morgan fingerprint density at radius 2 is 1.88 bits per heavy atom. The minimum absolute atomic E-state index is 0.341. The molecule has 0 saturated carbocycles. The predicted molar refractivity (Wildman–Crippen MR) is 69.5 cm³/mol. The molecule has 3 nitrogen and oxygen atoms in total. The van der Waals surface area contributed by atoms with Crippen molar-refractivity contribution in [1.82, 2.24) is 4.31 Å². The van der Waals surface area contributed by atoms with E-state index in [0.29, 0.717) is 19.0 Å². The monoisotopic (exact) mass is 253 g/mol. The molecule has 0 radical (unpaired) electrons. The zero-order chi connectivity index (χ0) is 12.3. The molecule has 0 spiro atoms. The van der Waals surface area contributed by atoms with E-state index in [0.717, 1.165) is 19.3 Å². The molecule has 1 fully saturated rings. The standard InChI is InChI=1S/C13H19NO2S/c1-17(15,16)14-10-6-5-9-13(11-14)12-7-3-2-4-8-12/h2-4,7-8,13H,5-6,9-11H2,1H3. The summed E-state index contributed by atoms with van der Waals surface area (Å²) in [6.45, 7) is 1.30. The van der Waals surface area contributed by atoms with E-state index in [1.165, 1.54) is 11.8 Å². The van der Waals surface area contributed by atoms with E-state index >= 15 is 0 Å². The zero-order valence-electron chi connectivity index (χ0n) is 10.2. The average molecular weight is 253 g/mol. The van der Waals surface area contributed by atoms with Crippen LogP contribution < -0.4 is 0 Å². The lowest BCUT2D eigenvalue weighted by molar-refractivity contribution is 0.410. The Morgan fingerprint density at radius 1 is 1.18 bits per heavy atom. The van der Waals surface area contributed by atoms with Crippen molar-refractivity contribution in [3.05, 3.63) is 35.9 Å². The first-order valence-electron chi connectivity index (χ1n) is 6.07. The third-order valence-corrected chi connectivity index (χ3v) is 4.64. The van der Waals surface area contributed by atoms with E-state index < -0.39 is 10.0 Å². The largest absolute Gasteiger partial charge is 0.213 e. The summed E-state index contributed by atoms with van der Waals surface area (Å²) in [6.07, 6.45) is 4.46. The minimum Gasteiger partial charge on any atom is -0.213 e. The molecule has 1 aliphatic heterocycles. The van der Waals surface area contributed by atoms with Crippen molar-refractivity contribution in [3.8, 4) is 0 Å². The second kappa shape index (κ2) is 5.19. The van der Waals surface area contributed by atoms with Gasteiger partial charge in [-0.1, -0.05) is 36.8 Å². The van der Waals surface area contributed by atoms with Gasteiger partial charge in [-0.2, -0.15) is 0 Å². The van der Waals surface area contributed by atoms with E-state index in [2.05, 4.69) is 12.1 Å². The van der Waals surface area contributed by atoms with Crippen LogP contribution in [-0.2, 0) is 10.0 Å². The zero-order valence-corrected chi connectivity index (χ0v) is 11.0. The van der Waals surface area contributed by atoms with Gasteiger partial charge in [0.15, 0.2) is 0 Å². The van der Waals surface area contributed by atoms with Gasteiger partial charge in [0.25, 0.3) is 0 Å². The van der Waals surface area contributed by atoms with Crippen molar-refractivity contribution >= 4 is 10.0 Å². The van der Waals surface area contributed by atoms with Gasteiger partial charge in [-0.15, -0.1) is 0 Å². The van der Waals surface area contributed by atoms with Crippen LogP contribution in [0.1, 0.15) is 30.7 Å². The third kappa shape index (κ3) is 3.30. The SMILES string of the molecule is CS(=O)(=O)N1CCCCC(c2ccccc2)C1. The topological polar surface area (TPSA) is 37.4 Å². The molecule has 2 rings (SSSR count). The van der Waals surface area contributed by atoms with Gasteiger partial charge in [0, 0.05) is 13.1 Å². The second-order valence-electron chi connectivity index (χ2n) is 4.72. The van der Waals surface area contributed by atoms with Gasteiger partial charge in [0.2, 0.25) is 10.0 Å². The number of hydrogen-bond acceptors (Lipinski definition) is 2. The predicted octanol–water partition coefficient (Wildman–Crippen LogP) is 2.22. The molecule has 1 aliphatic rings. The van der Waals surface area contributed by atoms with E-state index in [1.54, 1.807) is 4.31 Å². The fraction of sp³-hybridized carbons (Fsp3) is 0.538. The van der Waals surface area contributed by atoms with Crippen LogP contribution in [0.5, 0.6) is 0 Å². The average Bonchev–Trinajstić information content (AvgIpc) is 2.55. The summed E-state index contributed by atoms with van der Waals surface area (Å²) in [6, 6.07) is 10.2. The second-order valence-corrected chi connectivity index (χ2v) is 6.71. The van der Waals surface area contributed by atoms with Crippen LogP contribution in [0, 0.1) is 0 Å². The van der Waals surface area contributed by atoms with Gasteiger partial charge in [-0.3, -0.25) is 0 Å². The fourth-order valence-corrected chi connectivity index (χ4v) is 3.32. The first kappa shape index (κ1) is 12.6. The molecule has 0 amide bonds. The lowest BCUT2D eigenvalue weighted by Gasteiger charge is -2.22. The third-order valence-electron chi connectivity index (χ3n) is 3.37. The molecule has 0 N–H and O–H groups in total. The molecule has 0 aliphatic carbocycles. The van der Waals surface area contributed by atoms with Crippen molar-refractivity contribution in [2.75, 3.05) is 19.3 Å². The van der Waals surface area contributed by atoms with Gasteiger partial charge < -0.3 is 0 Å². The molecular weight excluding hydrogens is 234 g/mol. The van der Waals surface area contributed by atoms with Gasteiger partial charge in [0.1, 0.15) is 0 Å². The highest BCUT2D eigenvalue weighted by Gasteiger charge is 2.24. The van der Waals surface area contributed by atoms with E-state index in [-0.39, 0.29) is 0 Å². The molecule has 0 bridgehead atoms. The Labute approximate surface area is 104 Å². The number of hydrogen-bond donors (Lipinski definition) is 0. The summed E-state index contributed by atoms with van der Waals surface area (Å²) in [7, 11) is -3.06. The molecule has 17 heavy (non-hydrogen) atoms. The summed E-state index contributed by atoms with van der Waals surface area (Å²) in [5.41, 5.74) is 1.25. The number of nitrogens with zero attached hydrogens (tertiary/aromatic N) is 1. The van der Waals surface area contributed by atoms with Crippen molar-refractivity contribution in [1.29, 1.82) is 0 Å². The maximum absolute atomic E-state index is 11.6. The Morgan fingerprint density at radius 3 is 2.53 bits per heavy atom. The van der Waals surface area contributed by atoms with Gasteiger partial charge >= 0.3 is 0 Å². The normalized spacial score (nSPS) is 23.2. The number of sulfonamides is 1. The van der Waals surface area contributed by atoms with Gasteiger partial charge in [-0.25, -0.2) is 12.7 Å². The van der Waals surface area contributed by atoms with E-state index in [4.69, 9.17) is 0 Å². The Kier molecular flexibility index (Phi) is 3.84. The molecule has 1 aromatic rings. The van der Waals surface area contributed by atoms with Crippen LogP contribution in [0.3, 0.4) is 0 Å². The van der Waals surface area contributed by atoms with E-state index in [9.17, 15) is 8.42 Å². The number of rotatable bonds is 2. The highest BCUT2D eigenvalue weighted by atomic mass is 32.2. The van der Waals surface area contributed by atoms with Crippen LogP contribution in [-0.4, -0.2) is 32.1 Å². The van der Waals surface area contributed by atoms with Crippen molar-refractivity contribution in [2.24, 2.45) is 0 Å². The quantitative estimate of drug-likeness (QED) is 0.810. The van der Waals surface area contributed by atoms with Crippen molar-refractivity contribution in [2.45, 2.75) is 25.2 Å². The van der Waals surface area contributed by atoms with Gasteiger partial charge in [-0.05, 0) is 24.3 Å². The molecule has 0 aromatic heterocycles. The summed E-state index contributed by atoms with van der Waals surface area (Å²) in [5, 5.41) is 0. The lowest BCUT2D eigenvalue weighted by Crippen LogP contribution is -2.33. The molecule has 1 atom stereocenters. The van der Waals surface area contributed by atoms with Crippen LogP contribution in [0.25, 0.3) is 0 Å². The minimum atomic E-state index is -3.06. The number of benzene rings is 1. The Hall–Kier alpha value is -0.870. The van der Waals surface area contributed by atoms with E-state index in [1.807, 2.05) is 18.2 Å². The fourth-order valence-electron chi connectivity index (χ4n) is 2.41. The lowest BCUT2D eigenvalue weighted by atomic mass is 9.95. The molecule has 94 valence electrons. The molecule has 1 saturated heterocycles. The molecular formula is C13H19NO2S. The van der Waals surface area contributed by atoms with Crippen molar-refractivity contribution in [3.63, 3.8) is 0 Å². The van der Waals surface area contributed by atoms with Gasteiger partial charge in [0.05, 0.1) is 6.26 Å². The maximum Gasteiger partial charge on any atom is 0.211 e. The summed E-state index contributed by atoms with van der Waals surface area (Å²) in [4.78, 5) is 0.